The predicted octanol–water partition coefficient (Wildman–Crippen LogP) is 1.75. The molecule has 2 aliphatic rings. The van der Waals surface area contributed by atoms with Crippen molar-refractivity contribution in [1.29, 1.82) is 0 Å². The number of hydrogen-bond donors (Lipinski definition) is 0. The highest BCUT2D eigenvalue weighted by molar-refractivity contribution is 5.76. The summed E-state index contributed by atoms with van der Waals surface area (Å²) in [6.07, 6.45) is 8.34. The van der Waals surface area contributed by atoms with E-state index in [0.29, 0.717) is 12.6 Å². The number of hydrogen-bond acceptors (Lipinski definition) is 4. The van der Waals surface area contributed by atoms with Crippen LogP contribution in [0, 0.1) is 0 Å². The van der Waals surface area contributed by atoms with Crippen molar-refractivity contribution in [1.82, 2.24) is 14.5 Å². The fraction of sp³-hybridized carbons (Fsp3) is 0.714. The number of carbonyl (C=O) groups excluding carboxylic acids is 1. The number of esters is 1. The Labute approximate surface area is 113 Å². The van der Waals surface area contributed by atoms with E-state index in [-0.39, 0.29) is 12.0 Å². The van der Waals surface area contributed by atoms with Gasteiger partial charge in [-0.2, -0.15) is 0 Å². The molecule has 104 valence electrons. The molecule has 2 fully saturated rings. The largest absolute Gasteiger partial charge is 0.465 e. The minimum Gasteiger partial charge on any atom is -0.465 e. The number of nitrogens with zero attached hydrogens (tertiary/aromatic N) is 3. The third-order valence-corrected chi connectivity index (χ3v) is 3.97. The van der Waals surface area contributed by atoms with E-state index < -0.39 is 0 Å². The molecule has 19 heavy (non-hydrogen) atoms. The van der Waals surface area contributed by atoms with Crippen molar-refractivity contribution in [3.05, 3.63) is 18.2 Å². The van der Waals surface area contributed by atoms with Crippen LogP contribution in [0.3, 0.4) is 0 Å². The van der Waals surface area contributed by atoms with Crippen molar-refractivity contribution < 1.29 is 9.53 Å². The lowest BCUT2D eigenvalue weighted by molar-refractivity contribution is -0.148. The average Bonchev–Trinajstić information content (AvgIpc) is 2.96. The van der Waals surface area contributed by atoms with Crippen LogP contribution in [0.5, 0.6) is 0 Å². The fourth-order valence-electron chi connectivity index (χ4n) is 2.86. The van der Waals surface area contributed by atoms with E-state index in [1.54, 1.807) is 0 Å². The summed E-state index contributed by atoms with van der Waals surface area (Å²) in [6.45, 7) is 4.10. The van der Waals surface area contributed by atoms with Gasteiger partial charge in [-0.25, -0.2) is 4.98 Å². The zero-order valence-corrected chi connectivity index (χ0v) is 11.4. The fourth-order valence-corrected chi connectivity index (χ4v) is 2.86. The molecule has 0 spiro atoms. The van der Waals surface area contributed by atoms with E-state index in [0.717, 1.165) is 25.9 Å². The molecule has 1 aromatic heterocycles. The number of aromatic nitrogens is 2. The van der Waals surface area contributed by atoms with Crippen LogP contribution in [0.25, 0.3) is 0 Å². The van der Waals surface area contributed by atoms with Gasteiger partial charge in [0.25, 0.3) is 0 Å². The van der Waals surface area contributed by atoms with Crippen LogP contribution in [0.4, 0.5) is 0 Å². The van der Waals surface area contributed by atoms with Gasteiger partial charge in [-0.05, 0) is 39.2 Å². The summed E-state index contributed by atoms with van der Waals surface area (Å²) in [5.41, 5.74) is 1.22. The molecular weight excluding hydrogens is 242 g/mol. The van der Waals surface area contributed by atoms with Crippen LogP contribution < -0.4 is 0 Å². The molecule has 5 nitrogen and oxygen atoms in total. The number of imidazole rings is 1. The van der Waals surface area contributed by atoms with Gasteiger partial charge in [0.2, 0.25) is 0 Å². The SMILES string of the molecule is CCOC(=O)C1CCCN1Cc1cncn1C1CC1. The molecule has 0 bridgehead atoms. The van der Waals surface area contributed by atoms with Crippen molar-refractivity contribution in [2.75, 3.05) is 13.2 Å². The summed E-state index contributed by atoms with van der Waals surface area (Å²) in [6, 6.07) is 0.573. The molecule has 1 saturated heterocycles. The summed E-state index contributed by atoms with van der Waals surface area (Å²) in [5.74, 6) is -0.0718. The number of carbonyl (C=O) groups is 1. The molecule has 1 unspecified atom stereocenters. The van der Waals surface area contributed by atoms with Crippen LogP contribution in [0.1, 0.15) is 44.3 Å². The van der Waals surface area contributed by atoms with Crippen LogP contribution in [0.2, 0.25) is 0 Å². The highest BCUT2D eigenvalue weighted by Crippen LogP contribution is 2.36. The quantitative estimate of drug-likeness (QED) is 0.759. The van der Waals surface area contributed by atoms with Gasteiger partial charge in [-0.15, -0.1) is 0 Å². The molecular formula is C14H21N3O2. The summed E-state index contributed by atoms with van der Waals surface area (Å²) in [5, 5.41) is 0. The Morgan fingerprint density at radius 1 is 1.47 bits per heavy atom. The zero-order valence-electron chi connectivity index (χ0n) is 11.4. The molecule has 0 amide bonds. The van der Waals surface area contributed by atoms with Gasteiger partial charge in [0.15, 0.2) is 0 Å². The Bertz CT molecular complexity index is 453. The molecule has 0 N–H and O–H groups in total. The third kappa shape index (κ3) is 2.66. The number of rotatable bonds is 5. The maximum absolute atomic E-state index is 11.9. The van der Waals surface area contributed by atoms with Gasteiger partial charge < -0.3 is 9.30 Å². The molecule has 1 aliphatic heterocycles. The minimum atomic E-state index is -0.0718. The zero-order chi connectivity index (χ0) is 13.2. The average molecular weight is 263 g/mol. The van der Waals surface area contributed by atoms with Crippen LogP contribution in [0.15, 0.2) is 12.5 Å². The first-order chi connectivity index (χ1) is 9.29. The van der Waals surface area contributed by atoms with E-state index in [9.17, 15) is 4.79 Å². The molecule has 2 heterocycles. The molecule has 1 aromatic rings. The van der Waals surface area contributed by atoms with E-state index in [1.165, 1.54) is 18.5 Å². The maximum Gasteiger partial charge on any atom is 0.323 e. The third-order valence-electron chi connectivity index (χ3n) is 3.97. The van der Waals surface area contributed by atoms with E-state index in [1.807, 2.05) is 19.4 Å². The minimum absolute atomic E-state index is 0.0671. The Hall–Kier alpha value is -1.36. The Morgan fingerprint density at radius 2 is 2.32 bits per heavy atom. The predicted molar refractivity (Wildman–Crippen MR) is 70.6 cm³/mol. The van der Waals surface area contributed by atoms with Gasteiger partial charge in [-0.1, -0.05) is 0 Å². The number of likely N-dealkylation sites (tertiary alicyclic amines) is 1. The van der Waals surface area contributed by atoms with Gasteiger partial charge in [0, 0.05) is 18.8 Å². The Kier molecular flexibility index (Phi) is 3.55. The van der Waals surface area contributed by atoms with Crippen molar-refractivity contribution in [3.63, 3.8) is 0 Å². The molecule has 1 atom stereocenters. The van der Waals surface area contributed by atoms with E-state index in [4.69, 9.17) is 4.74 Å². The summed E-state index contributed by atoms with van der Waals surface area (Å²) in [4.78, 5) is 18.4. The van der Waals surface area contributed by atoms with Gasteiger partial charge in [-0.3, -0.25) is 9.69 Å². The van der Waals surface area contributed by atoms with E-state index >= 15 is 0 Å². The second-order valence-corrected chi connectivity index (χ2v) is 5.40. The topological polar surface area (TPSA) is 47.4 Å². The van der Waals surface area contributed by atoms with Crippen molar-refractivity contribution >= 4 is 5.97 Å². The monoisotopic (exact) mass is 263 g/mol. The van der Waals surface area contributed by atoms with Gasteiger partial charge in [0.1, 0.15) is 6.04 Å². The smallest absolute Gasteiger partial charge is 0.323 e. The standard InChI is InChI=1S/C14H21N3O2/c1-2-19-14(18)13-4-3-7-16(13)9-12-8-15-10-17(12)11-5-6-11/h8,10-11,13H,2-7,9H2,1H3. The second kappa shape index (κ2) is 5.33. The van der Waals surface area contributed by atoms with Crippen molar-refractivity contribution in [2.45, 2.75) is 51.2 Å². The molecule has 1 saturated carbocycles. The highest BCUT2D eigenvalue weighted by atomic mass is 16.5. The summed E-state index contributed by atoms with van der Waals surface area (Å²) < 4.78 is 7.43. The summed E-state index contributed by atoms with van der Waals surface area (Å²) in [7, 11) is 0. The summed E-state index contributed by atoms with van der Waals surface area (Å²) >= 11 is 0. The molecule has 0 radical (unpaired) electrons. The van der Waals surface area contributed by atoms with Crippen LogP contribution in [-0.2, 0) is 16.1 Å². The van der Waals surface area contributed by atoms with Crippen molar-refractivity contribution in [2.24, 2.45) is 0 Å². The lowest BCUT2D eigenvalue weighted by atomic mass is 10.2. The van der Waals surface area contributed by atoms with Crippen molar-refractivity contribution in [3.8, 4) is 0 Å². The first-order valence-corrected chi connectivity index (χ1v) is 7.21. The Balaban J connectivity index is 1.67. The molecule has 3 rings (SSSR count). The maximum atomic E-state index is 11.9. The molecule has 1 aliphatic carbocycles. The van der Waals surface area contributed by atoms with Gasteiger partial charge in [0.05, 0.1) is 18.6 Å². The molecule has 5 heteroatoms. The van der Waals surface area contributed by atoms with Gasteiger partial charge >= 0.3 is 5.97 Å². The van der Waals surface area contributed by atoms with Crippen LogP contribution in [-0.4, -0.2) is 39.6 Å². The highest BCUT2D eigenvalue weighted by Gasteiger charge is 2.33. The lowest BCUT2D eigenvalue weighted by Gasteiger charge is -2.23. The number of ether oxygens (including phenoxy) is 1. The normalized spacial score (nSPS) is 23.7. The van der Waals surface area contributed by atoms with E-state index in [2.05, 4.69) is 14.5 Å². The Morgan fingerprint density at radius 3 is 3.05 bits per heavy atom. The lowest BCUT2D eigenvalue weighted by Crippen LogP contribution is -2.37. The second-order valence-electron chi connectivity index (χ2n) is 5.40. The van der Waals surface area contributed by atoms with Crippen LogP contribution >= 0.6 is 0 Å². The molecule has 0 aromatic carbocycles. The first kappa shape index (κ1) is 12.7. The first-order valence-electron chi connectivity index (χ1n) is 7.21.